The van der Waals surface area contributed by atoms with Crippen LogP contribution in [0.3, 0.4) is 0 Å². The number of fused-ring (bicyclic) bond motifs is 1. The zero-order valence-electron chi connectivity index (χ0n) is 20.8. The van der Waals surface area contributed by atoms with E-state index in [1.54, 1.807) is 43.3 Å². The van der Waals surface area contributed by atoms with Gasteiger partial charge in [-0.05, 0) is 80.1 Å². The van der Waals surface area contributed by atoms with Crippen LogP contribution in [0.4, 0.5) is 0 Å². The predicted octanol–water partition coefficient (Wildman–Crippen LogP) is 5.42. The summed E-state index contributed by atoms with van der Waals surface area (Å²) in [5.74, 6) is -0.229. The van der Waals surface area contributed by atoms with E-state index in [1.807, 2.05) is 0 Å². The number of hydrogen-bond acceptors (Lipinski definition) is 5. The molecule has 0 amide bonds. The van der Waals surface area contributed by atoms with Gasteiger partial charge in [0.15, 0.2) is 0 Å². The molecule has 1 aromatic carbocycles. The lowest BCUT2D eigenvalue weighted by Gasteiger charge is -2.63. The lowest BCUT2D eigenvalue weighted by atomic mass is 9.44. The van der Waals surface area contributed by atoms with Crippen molar-refractivity contribution in [3.05, 3.63) is 60.7 Å². The Labute approximate surface area is 203 Å². The van der Waals surface area contributed by atoms with Gasteiger partial charge in [0.05, 0.1) is 18.3 Å². The fraction of sp³-hybridized carbons (Fsp3) is 0.552. The number of aromatic hydroxyl groups is 1. The Hall–Kier alpha value is -2.37. The largest absolute Gasteiger partial charge is 0.508 e. The van der Waals surface area contributed by atoms with Gasteiger partial charge in [0, 0.05) is 11.5 Å². The average Bonchev–Trinajstić information content (AvgIpc) is 2.79. The first-order valence-electron chi connectivity index (χ1n) is 12.3. The molecule has 2 saturated carbocycles. The summed E-state index contributed by atoms with van der Waals surface area (Å²) in [4.78, 5) is 12.5. The van der Waals surface area contributed by atoms with Crippen LogP contribution < -0.4 is 0 Å². The van der Waals surface area contributed by atoms with Crippen molar-refractivity contribution in [1.82, 2.24) is 0 Å². The lowest BCUT2D eigenvalue weighted by molar-refractivity contribution is -0.228. The average molecular weight is 469 g/mol. The number of aliphatic hydroxyl groups is 2. The van der Waals surface area contributed by atoms with Crippen molar-refractivity contribution in [2.75, 3.05) is 6.61 Å². The molecule has 0 aromatic heterocycles. The van der Waals surface area contributed by atoms with Gasteiger partial charge in [0.25, 0.3) is 0 Å². The van der Waals surface area contributed by atoms with Gasteiger partial charge in [0.1, 0.15) is 5.75 Å². The molecular weight excluding hydrogens is 428 g/mol. The van der Waals surface area contributed by atoms with Crippen LogP contribution in [0.5, 0.6) is 5.75 Å². The first-order valence-corrected chi connectivity index (χ1v) is 12.3. The van der Waals surface area contributed by atoms with Crippen molar-refractivity contribution in [1.29, 1.82) is 0 Å². The first-order chi connectivity index (χ1) is 15.9. The molecule has 2 aliphatic carbocycles. The third-order valence-electron chi connectivity index (χ3n) is 8.63. The van der Waals surface area contributed by atoms with Crippen molar-refractivity contribution in [3.8, 4) is 5.75 Å². The maximum Gasteiger partial charge on any atom is 0.330 e. The van der Waals surface area contributed by atoms with Crippen molar-refractivity contribution in [2.24, 2.45) is 22.7 Å². The van der Waals surface area contributed by atoms with Crippen molar-refractivity contribution >= 4 is 12.0 Å². The van der Waals surface area contributed by atoms with Crippen LogP contribution in [-0.2, 0) is 9.53 Å². The second kappa shape index (κ2) is 10.1. The monoisotopic (exact) mass is 468 g/mol. The molecule has 0 aliphatic heterocycles. The number of esters is 1. The Bertz CT molecular complexity index is 930. The van der Waals surface area contributed by atoms with Crippen LogP contribution in [0.25, 0.3) is 6.08 Å². The molecule has 0 radical (unpaired) electrons. The predicted molar refractivity (Wildman–Crippen MR) is 135 cm³/mol. The highest BCUT2D eigenvalue weighted by molar-refractivity contribution is 5.87. The number of allylic oxidation sites excluding steroid dienone is 2. The summed E-state index contributed by atoms with van der Waals surface area (Å²) in [6, 6.07) is 6.59. The molecule has 0 heterocycles. The Balaban J connectivity index is 1.75. The van der Waals surface area contributed by atoms with Gasteiger partial charge >= 0.3 is 5.97 Å². The Morgan fingerprint density at radius 2 is 1.88 bits per heavy atom. The topological polar surface area (TPSA) is 87.0 Å². The van der Waals surface area contributed by atoms with E-state index < -0.39 is 17.7 Å². The highest BCUT2D eigenvalue weighted by atomic mass is 16.5. The number of carbonyl (C=O) groups excluding carboxylic acids is 1. The molecule has 2 aliphatic rings. The van der Waals surface area contributed by atoms with Crippen molar-refractivity contribution in [3.63, 3.8) is 0 Å². The normalized spacial score (nSPS) is 35.5. The van der Waals surface area contributed by atoms with E-state index in [0.717, 1.165) is 43.2 Å². The SMILES string of the molecule is C=CC(=C)CC[C@H]1[C@](C)(O)[C@H](O)C[C@H]2[C@@](C)(COC(=O)C=Cc3ccc(O)cc3)CCC[C@@]21C. The molecule has 0 saturated heterocycles. The number of carbonyl (C=O) groups is 1. The van der Waals surface area contributed by atoms with Crippen LogP contribution in [0.2, 0.25) is 0 Å². The number of benzene rings is 1. The lowest BCUT2D eigenvalue weighted by Crippen LogP contribution is -2.64. The van der Waals surface area contributed by atoms with Gasteiger partial charge in [-0.3, -0.25) is 0 Å². The molecule has 2 fully saturated rings. The van der Waals surface area contributed by atoms with E-state index in [0.29, 0.717) is 6.42 Å². The third kappa shape index (κ3) is 5.31. The standard InChI is InChI=1S/C29H40O5/c1-6-20(2)8-14-23-28(4)17-7-16-27(3,24(28)18-25(31)29(23,5)33)19-34-26(32)15-11-21-9-12-22(30)13-10-21/h6,9-13,15,23-25,30-31,33H,1-2,7-8,14,16-19H2,3-5H3/t23-,24+,25-,27-,28-,29+/m1/s1. The van der Waals surface area contributed by atoms with Crippen LogP contribution in [0, 0.1) is 22.7 Å². The van der Waals surface area contributed by atoms with Gasteiger partial charge in [-0.25, -0.2) is 4.79 Å². The number of phenols is 1. The van der Waals surface area contributed by atoms with Crippen LogP contribution in [0.1, 0.15) is 64.9 Å². The van der Waals surface area contributed by atoms with E-state index in [1.165, 1.54) is 6.08 Å². The summed E-state index contributed by atoms with van der Waals surface area (Å²) in [6.45, 7) is 14.3. The highest BCUT2D eigenvalue weighted by Gasteiger charge is 2.62. The van der Waals surface area contributed by atoms with Gasteiger partial charge in [0.2, 0.25) is 0 Å². The molecule has 0 unspecified atom stereocenters. The number of rotatable bonds is 8. The zero-order chi connectivity index (χ0) is 25.1. The van der Waals surface area contributed by atoms with Crippen LogP contribution in [-0.4, -0.2) is 39.6 Å². The second-order valence-corrected chi connectivity index (χ2v) is 11.0. The molecule has 3 N–H and O–H groups in total. The summed E-state index contributed by atoms with van der Waals surface area (Å²) >= 11 is 0. The fourth-order valence-electron chi connectivity index (χ4n) is 6.61. The molecule has 0 bridgehead atoms. The zero-order valence-corrected chi connectivity index (χ0v) is 20.8. The number of hydrogen-bond donors (Lipinski definition) is 3. The molecule has 186 valence electrons. The van der Waals surface area contributed by atoms with E-state index in [2.05, 4.69) is 27.0 Å². The quantitative estimate of drug-likeness (QED) is 0.270. The van der Waals surface area contributed by atoms with Crippen LogP contribution in [0.15, 0.2) is 55.1 Å². The summed E-state index contributed by atoms with van der Waals surface area (Å²) in [5.41, 5.74) is 0.0666. The fourth-order valence-corrected chi connectivity index (χ4v) is 6.61. The number of aliphatic hydroxyl groups excluding tert-OH is 1. The molecule has 1 aromatic rings. The van der Waals surface area contributed by atoms with Crippen molar-refractivity contribution in [2.45, 2.75) is 71.0 Å². The van der Waals surface area contributed by atoms with Gasteiger partial charge in [-0.2, -0.15) is 0 Å². The second-order valence-electron chi connectivity index (χ2n) is 11.0. The minimum absolute atomic E-state index is 0.102. The summed E-state index contributed by atoms with van der Waals surface area (Å²) in [7, 11) is 0. The maximum atomic E-state index is 12.5. The van der Waals surface area contributed by atoms with E-state index >= 15 is 0 Å². The Morgan fingerprint density at radius 1 is 1.21 bits per heavy atom. The number of phenolic OH excluding ortho intramolecular Hbond substituents is 1. The summed E-state index contributed by atoms with van der Waals surface area (Å²) in [6.07, 6.45) is 8.79. The van der Waals surface area contributed by atoms with Gasteiger partial charge in [-0.15, -0.1) is 0 Å². The molecular formula is C29H40O5. The summed E-state index contributed by atoms with van der Waals surface area (Å²) < 4.78 is 5.72. The minimum Gasteiger partial charge on any atom is -0.508 e. The highest BCUT2D eigenvalue weighted by Crippen LogP contribution is 2.63. The van der Waals surface area contributed by atoms with Gasteiger partial charge < -0.3 is 20.1 Å². The van der Waals surface area contributed by atoms with Crippen molar-refractivity contribution < 1.29 is 24.9 Å². The van der Waals surface area contributed by atoms with E-state index in [-0.39, 0.29) is 35.0 Å². The molecule has 6 atom stereocenters. The minimum atomic E-state index is -1.19. The Morgan fingerprint density at radius 3 is 2.53 bits per heavy atom. The molecule has 0 spiro atoms. The van der Waals surface area contributed by atoms with Crippen LogP contribution >= 0.6 is 0 Å². The maximum absolute atomic E-state index is 12.5. The third-order valence-corrected chi connectivity index (χ3v) is 8.63. The summed E-state index contributed by atoms with van der Waals surface area (Å²) in [5, 5.41) is 31.7. The Kier molecular flexibility index (Phi) is 7.79. The van der Waals surface area contributed by atoms with E-state index in [9.17, 15) is 20.1 Å². The van der Waals surface area contributed by atoms with E-state index in [4.69, 9.17) is 4.74 Å². The number of ether oxygens (including phenoxy) is 1. The first kappa shape index (κ1) is 26.2. The molecule has 3 rings (SSSR count). The molecule has 5 heteroatoms. The van der Waals surface area contributed by atoms with Gasteiger partial charge in [-0.1, -0.05) is 57.2 Å². The molecule has 5 nitrogen and oxygen atoms in total. The molecule has 34 heavy (non-hydrogen) atoms. The smallest absolute Gasteiger partial charge is 0.330 e.